The summed E-state index contributed by atoms with van der Waals surface area (Å²) in [5.41, 5.74) is -0.0176. The maximum Gasteiger partial charge on any atom is 0.389 e. The maximum atomic E-state index is 12.3. The predicted molar refractivity (Wildman–Crippen MR) is 72.8 cm³/mol. The van der Waals surface area contributed by atoms with Crippen molar-refractivity contribution in [1.29, 1.82) is 0 Å². The van der Waals surface area contributed by atoms with E-state index in [0.717, 1.165) is 4.57 Å². The minimum atomic E-state index is -4.31. The van der Waals surface area contributed by atoms with Gasteiger partial charge in [0, 0.05) is 16.5 Å². The fourth-order valence-electron chi connectivity index (χ4n) is 1.78. The van der Waals surface area contributed by atoms with E-state index in [0.29, 0.717) is 15.6 Å². The van der Waals surface area contributed by atoms with Crippen LogP contribution in [0.15, 0.2) is 23.0 Å². The summed E-state index contributed by atoms with van der Waals surface area (Å²) in [6.45, 7) is 0.0263. The number of nitrogens with zero attached hydrogens (tertiary/aromatic N) is 2. The van der Waals surface area contributed by atoms with Crippen LogP contribution in [0.3, 0.4) is 0 Å². The molecule has 0 unspecified atom stereocenters. The maximum absolute atomic E-state index is 12.3. The topological polar surface area (TPSA) is 50.7 Å². The van der Waals surface area contributed by atoms with E-state index in [2.05, 4.69) is 10.2 Å². The van der Waals surface area contributed by atoms with Crippen molar-refractivity contribution in [3.05, 3.63) is 50.1 Å². The summed E-state index contributed by atoms with van der Waals surface area (Å²) in [4.78, 5) is 11.6. The minimum absolute atomic E-state index is 0.0263. The molecule has 0 saturated heterocycles. The summed E-state index contributed by atoms with van der Waals surface area (Å²) >= 11 is 11.8. The number of benzene rings is 1. The lowest BCUT2D eigenvalue weighted by molar-refractivity contribution is -0.134. The van der Waals surface area contributed by atoms with Gasteiger partial charge in [-0.05, 0) is 17.7 Å². The molecule has 21 heavy (non-hydrogen) atoms. The van der Waals surface area contributed by atoms with Gasteiger partial charge in [-0.3, -0.25) is 4.57 Å². The second-order valence-electron chi connectivity index (χ2n) is 4.38. The number of halogens is 5. The van der Waals surface area contributed by atoms with Gasteiger partial charge < -0.3 is 0 Å². The highest BCUT2D eigenvalue weighted by atomic mass is 35.5. The van der Waals surface area contributed by atoms with E-state index in [1.54, 1.807) is 12.1 Å². The molecule has 2 rings (SSSR count). The quantitative estimate of drug-likeness (QED) is 0.927. The summed E-state index contributed by atoms with van der Waals surface area (Å²) in [6.07, 6.45) is -5.74. The van der Waals surface area contributed by atoms with Crippen LogP contribution in [0.1, 0.15) is 17.8 Å². The van der Waals surface area contributed by atoms with Crippen LogP contribution in [0.2, 0.25) is 10.0 Å². The number of aromatic nitrogens is 3. The Hall–Kier alpha value is -1.47. The van der Waals surface area contributed by atoms with Gasteiger partial charge in [0.25, 0.3) is 0 Å². The molecule has 1 N–H and O–H groups in total. The van der Waals surface area contributed by atoms with Crippen molar-refractivity contribution in [2.75, 3.05) is 0 Å². The van der Waals surface area contributed by atoms with Gasteiger partial charge in [0.15, 0.2) is 0 Å². The normalized spacial score (nSPS) is 11.9. The number of aryl methyl sites for hydroxylation is 1. The largest absolute Gasteiger partial charge is 0.389 e. The van der Waals surface area contributed by atoms with Gasteiger partial charge in [0.2, 0.25) is 0 Å². The summed E-state index contributed by atoms with van der Waals surface area (Å²) in [7, 11) is 0. The molecule has 2 aromatic rings. The Kier molecular flexibility index (Phi) is 4.63. The Morgan fingerprint density at radius 2 is 2.00 bits per heavy atom. The molecule has 0 aliphatic rings. The number of aromatic amines is 1. The third kappa shape index (κ3) is 4.25. The molecule has 1 aromatic carbocycles. The third-order valence-corrected chi connectivity index (χ3v) is 3.40. The molecule has 4 nitrogen and oxygen atoms in total. The van der Waals surface area contributed by atoms with Crippen molar-refractivity contribution in [1.82, 2.24) is 14.8 Å². The number of rotatable bonds is 4. The average molecular weight is 340 g/mol. The van der Waals surface area contributed by atoms with Gasteiger partial charge in [-0.1, -0.05) is 29.3 Å². The fraction of sp³-hybridized carbons (Fsp3) is 0.333. The van der Waals surface area contributed by atoms with Crippen LogP contribution in [-0.2, 0) is 13.0 Å². The molecule has 0 radical (unpaired) electrons. The van der Waals surface area contributed by atoms with Crippen molar-refractivity contribution < 1.29 is 13.2 Å². The van der Waals surface area contributed by atoms with Gasteiger partial charge in [0.1, 0.15) is 5.82 Å². The van der Waals surface area contributed by atoms with E-state index >= 15 is 0 Å². The van der Waals surface area contributed by atoms with Crippen molar-refractivity contribution in [2.24, 2.45) is 0 Å². The van der Waals surface area contributed by atoms with Crippen LogP contribution in [0.4, 0.5) is 13.2 Å². The van der Waals surface area contributed by atoms with Crippen LogP contribution in [-0.4, -0.2) is 20.9 Å². The zero-order valence-corrected chi connectivity index (χ0v) is 12.1. The molecule has 0 amide bonds. The molecule has 0 atom stereocenters. The standard InChI is InChI=1S/C12H10Cl2F3N3O/c13-8-2-1-7(9(14)5-8)6-20-10(18-19-11(20)21)3-4-12(15,16)17/h1-2,5H,3-4,6H2,(H,19,21). The lowest BCUT2D eigenvalue weighted by atomic mass is 10.2. The van der Waals surface area contributed by atoms with Crippen LogP contribution in [0, 0.1) is 0 Å². The number of nitrogens with one attached hydrogen (secondary N) is 1. The second-order valence-corrected chi connectivity index (χ2v) is 5.23. The average Bonchev–Trinajstić information content (AvgIpc) is 2.71. The van der Waals surface area contributed by atoms with Crippen LogP contribution >= 0.6 is 23.2 Å². The molecule has 9 heteroatoms. The van der Waals surface area contributed by atoms with E-state index < -0.39 is 18.3 Å². The summed E-state index contributed by atoms with van der Waals surface area (Å²) < 4.78 is 37.9. The van der Waals surface area contributed by atoms with Crippen molar-refractivity contribution in [3.8, 4) is 0 Å². The van der Waals surface area contributed by atoms with Crippen LogP contribution in [0.25, 0.3) is 0 Å². The van der Waals surface area contributed by atoms with E-state index in [9.17, 15) is 18.0 Å². The van der Waals surface area contributed by atoms with Gasteiger partial charge in [-0.15, -0.1) is 0 Å². The van der Waals surface area contributed by atoms with Crippen molar-refractivity contribution >= 4 is 23.2 Å². The van der Waals surface area contributed by atoms with Gasteiger partial charge in [-0.25, -0.2) is 9.89 Å². The molecule has 0 fully saturated rings. The van der Waals surface area contributed by atoms with Crippen LogP contribution in [0.5, 0.6) is 0 Å². The lowest BCUT2D eigenvalue weighted by Gasteiger charge is -2.09. The van der Waals surface area contributed by atoms with Crippen molar-refractivity contribution in [3.63, 3.8) is 0 Å². The van der Waals surface area contributed by atoms with E-state index in [1.807, 2.05) is 0 Å². The van der Waals surface area contributed by atoms with Gasteiger partial charge in [0.05, 0.1) is 13.0 Å². The van der Waals surface area contributed by atoms with E-state index in [-0.39, 0.29) is 18.8 Å². The molecule has 114 valence electrons. The first kappa shape index (κ1) is 15.9. The summed E-state index contributed by atoms with van der Waals surface area (Å²) in [5, 5.41) is 6.53. The van der Waals surface area contributed by atoms with Crippen LogP contribution < -0.4 is 5.69 Å². The van der Waals surface area contributed by atoms with E-state index in [1.165, 1.54) is 6.07 Å². The molecule has 0 bridgehead atoms. The highest BCUT2D eigenvalue weighted by Crippen LogP contribution is 2.23. The van der Waals surface area contributed by atoms with Gasteiger partial charge in [-0.2, -0.15) is 18.3 Å². The summed E-state index contributed by atoms with van der Waals surface area (Å²) in [5.74, 6) is 0.0309. The molecule has 0 aliphatic heterocycles. The zero-order valence-electron chi connectivity index (χ0n) is 10.5. The SMILES string of the molecule is O=c1[nH]nc(CCC(F)(F)F)n1Cc1ccc(Cl)cc1Cl. The zero-order chi connectivity index (χ0) is 15.6. The van der Waals surface area contributed by atoms with Gasteiger partial charge >= 0.3 is 11.9 Å². The second kappa shape index (κ2) is 6.11. The first-order valence-corrected chi connectivity index (χ1v) is 6.66. The first-order chi connectivity index (χ1) is 9.76. The minimum Gasteiger partial charge on any atom is -0.275 e. The molecule has 0 spiro atoms. The molecule has 0 saturated carbocycles. The molecule has 0 aliphatic carbocycles. The Bertz CT molecular complexity index is 694. The highest BCUT2D eigenvalue weighted by molar-refractivity contribution is 6.35. The number of hydrogen-bond acceptors (Lipinski definition) is 2. The lowest BCUT2D eigenvalue weighted by Crippen LogP contribution is -2.21. The number of alkyl halides is 3. The Morgan fingerprint density at radius 3 is 2.62 bits per heavy atom. The first-order valence-electron chi connectivity index (χ1n) is 5.91. The Morgan fingerprint density at radius 1 is 1.29 bits per heavy atom. The number of H-pyrrole nitrogens is 1. The summed E-state index contributed by atoms with van der Waals surface area (Å²) in [6, 6.07) is 4.69. The monoisotopic (exact) mass is 339 g/mol. The molecular weight excluding hydrogens is 330 g/mol. The smallest absolute Gasteiger partial charge is 0.275 e. The predicted octanol–water partition coefficient (Wildman–Crippen LogP) is 3.42. The third-order valence-electron chi connectivity index (χ3n) is 2.81. The molecule has 1 heterocycles. The Labute approximate surface area is 127 Å². The van der Waals surface area contributed by atoms with Crippen molar-refractivity contribution in [2.45, 2.75) is 25.6 Å². The number of hydrogen-bond donors (Lipinski definition) is 1. The molecular formula is C12H10Cl2F3N3O. The Balaban J connectivity index is 2.23. The fourth-order valence-corrected chi connectivity index (χ4v) is 2.25. The highest BCUT2D eigenvalue weighted by Gasteiger charge is 2.28. The van der Waals surface area contributed by atoms with E-state index in [4.69, 9.17) is 23.2 Å². The molecule has 1 aromatic heterocycles.